The molecule has 2 aromatic carbocycles. The fourth-order valence-corrected chi connectivity index (χ4v) is 2.18. The molecule has 0 bridgehead atoms. The van der Waals surface area contributed by atoms with E-state index in [9.17, 15) is 9.59 Å². The van der Waals surface area contributed by atoms with Crippen molar-refractivity contribution in [1.29, 1.82) is 0 Å². The van der Waals surface area contributed by atoms with Gasteiger partial charge in [0.25, 0.3) is 0 Å². The number of nitrogens with two attached hydrogens (primary N) is 2. The molecule has 0 atom stereocenters. The molecule has 0 unspecified atom stereocenters. The minimum Gasteiger partial charge on any atom is -0.693 e. The molecule has 32 heavy (non-hydrogen) atoms. The van der Waals surface area contributed by atoms with Gasteiger partial charge in [0.2, 0.25) is 0 Å². The predicted octanol–water partition coefficient (Wildman–Crippen LogP) is 4.68. The van der Waals surface area contributed by atoms with Gasteiger partial charge in [-0.2, -0.15) is 0 Å². The van der Waals surface area contributed by atoms with Crippen molar-refractivity contribution in [2.75, 3.05) is 6.61 Å². The van der Waals surface area contributed by atoms with Crippen LogP contribution in [0, 0.1) is 0 Å². The van der Waals surface area contributed by atoms with Crippen LogP contribution in [0.15, 0.2) is 60.7 Å². The Morgan fingerprint density at radius 1 is 0.594 bits per heavy atom. The molecule has 0 aliphatic rings. The number of aliphatic hydroxyl groups excluding tert-OH is 1. The third-order valence-corrected chi connectivity index (χ3v) is 3.53. The molecule has 0 spiro atoms. The Bertz CT molecular complexity index is 661. The average molecular weight is 632 g/mol. The summed E-state index contributed by atoms with van der Waals surface area (Å²) in [5, 5.41) is 31.8. The molecule has 0 saturated carbocycles. The van der Waals surface area contributed by atoms with Gasteiger partial charge >= 0.3 is 39.0 Å². The third kappa shape index (κ3) is 25.5. The van der Waals surface area contributed by atoms with Crippen LogP contribution in [0.4, 0.5) is 0 Å². The van der Waals surface area contributed by atoms with Gasteiger partial charge in [0.05, 0.1) is 0 Å². The van der Waals surface area contributed by atoms with Gasteiger partial charge in [0, 0.05) is 12.8 Å². The molecule has 2 rings (SSSR count). The fraction of sp³-hybridized carbons (Fsp3) is 0.318. The number of benzene rings is 2. The van der Waals surface area contributed by atoms with Crippen molar-refractivity contribution >= 4 is 17.9 Å². The van der Waals surface area contributed by atoms with Crippen molar-refractivity contribution in [2.45, 2.75) is 38.5 Å². The van der Waals surface area contributed by atoms with E-state index in [1.807, 2.05) is 60.7 Å². The summed E-state index contributed by atoms with van der Waals surface area (Å²) in [6, 6.07) is 19.9. The van der Waals surface area contributed by atoms with Gasteiger partial charge in [-0.3, -0.25) is 9.59 Å². The zero-order valence-electron chi connectivity index (χ0n) is 17.7. The quantitative estimate of drug-likeness (QED) is 0.308. The number of aliphatic hydroxyl groups is 1. The molecule has 8 N–H and O–H groups in total. The number of aryl methyl sites for hydroxylation is 2. The first-order valence-electron chi connectivity index (χ1n) is 9.19. The molecule has 0 aliphatic heterocycles. The summed E-state index contributed by atoms with van der Waals surface area (Å²) in [5.41, 5.74) is 2.41. The molecule has 0 amide bonds. The molecule has 0 fully saturated rings. The molecule has 2 aromatic rings. The van der Waals surface area contributed by atoms with Gasteiger partial charge in [0.1, 0.15) is 6.61 Å². The zero-order valence-corrected chi connectivity index (χ0v) is 20.0. The second-order valence-corrected chi connectivity index (χ2v) is 6.02. The van der Waals surface area contributed by atoms with E-state index in [-0.39, 0.29) is 46.2 Å². The van der Waals surface area contributed by atoms with E-state index in [1.165, 1.54) is 11.1 Å². The number of hydrogen-bond donors (Lipinski definition) is 4. The van der Waals surface area contributed by atoms with Gasteiger partial charge < -0.3 is 32.7 Å². The number of hydrogen-bond acceptors (Lipinski definition) is 4. The SMILES string of the molecule is O=C(O)CCCc1ccccc1.O=C(O)CCCc1ccccc1.O=C(O)CO.[NH2-].[NH2-].[Pt+2]. The summed E-state index contributed by atoms with van der Waals surface area (Å²) in [6.07, 6.45) is 3.67. The Kier molecular flexibility index (Phi) is 28.4. The van der Waals surface area contributed by atoms with Crippen LogP contribution in [0.3, 0.4) is 0 Å². The summed E-state index contributed by atoms with van der Waals surface area (Å²) in [7, 11) is 0. The van der Waals surface area contributed by atoms with E-state index in [4.69, 9.17) is 25.2 Å². The molecular formula is C22H32N2O7Pt. The Hall–Kier alpha value is -2.58. The van der Waals surface area contributed by atoms with E-state index in [1.54, 1.807) is 0 Å². The number of carbonyl (C=O) groups is 3. The van der Waals surface area contributed by atoms with Crippen molar-refractivity contribution < 1.29 is 55.9 Å². The van der Waals surface area contributed by atoms with Crippen molar-refractivity contribution in [2.24, 2.45) is 0 Å². The van der Waals surface area contributed by atoms with Crippen LogP contribution in [0.25, 0.3) is 12.3 Å². The molecule has 0 aromatic heterocycles. The number of carboxylic acids is 3. The maximum atomic E-state index is 10.2. The Morgan fingerprint density at radius 3 is 1.09 bits per heavy atom. The Balaban J connectivity index is -0.000000189. The number of carboxylic acid groups (broad SMARTS) is 3. The summed E-state index contributed by atoms with van der Waals surface area (Å²) < 4.78 is 0. The van der Waals surface area contributed by atoms with E-state index < -0.39 is 24.5 Å². The molecule has 0 saturated heterocycles. The zero-order chi connectivity index (χ0) is 21.9. The monoisotopic (exact) mass is 631 g/mol. The minimum absolute atomic E-state index is 0. The first kappa shape index (κ1) is 36.8. The van der Waals surface area contributed by atoms with E-state index in [2.05, 4.69) is 0 Å². The van der Waals surface area contributed by atoms with Gasteiger partial charge in [0.15, 0.2) is 0 Å². The van der Waals surface area contributed by atoms with Gasteiger partial charge in [-0.15, -0.1) is 0 Å². The van der Waals surface area contributed by atoms with Crippen LogP contribution in [0.1, 0.15) is 36.8 Å². The van der Waals surface area contributed by atoms with Crippen LogP contribution >= 0.6 is 0 Å². The minimum atomic E-state index is -1.19. The molecule has 0 aliphatic carbocycles. The normalized spacial score (nSPS) is 8.41. The molecule has 0 heterocycles. The Labute approximate surface area is 202 Å². The van der Waals surface area contributed by atoms with E-state index >= 15 is 0 Å². The van der Waals surface area contributed by atoms with Crippen LogP contribution < -0.4 is 0 Å². The molecule has 10 heteroatoms. The summed E-state index contributed by atoms with van der Waals surface area (Å²) in [5.74, 6) is -2.62. The maximum Gasteiger partial charge on any atom is 2.00 e. The molecule has 182 valence electrons. The standard InChI is InChI=1S/2C10H12O2.C2H4O3.2H2N.Pt/c2*11-10(12)8-4-7-9-5-2-1-3-6-9;3-1-2(4)5;;;/h2*1-3,5-6H,4,7-8H2,(H,11,12);3H,1H2,(H,4,5);2*1H2;/q;;;2*-1;+2. The fourth-order valence-electron chi connectivity index (χ4n) is 2.18. The van der Waals surface area contributed by atoms with Gasteiger partial charge in [-0.25, -0.2) is 4.79 Å². The van der Waals surface area contributed by atoms with Crippen LogP contribution in [0.2, 0.25) is 0 Å². The van der Waals surface area contributed by atoms with E-state index in [0.717, 1.165) is 25.7 Å². The number of rotatable bonds is 9. The van der Waals surface area contributed by atoms with Crippen molar-refractivity contribution in [3.63, 3.8) is 0 Å². The largest absolute Gasteiger partial charge is 2.00 e. The topological polar surface area (TPSA) is 199 Å². The van der Waals surface area contributed by atoms with Crippen LogP contribution in [0.5, 0.6) is 0 Å². The molecule has 9 nitrogen and oxygen atoms in total. The number of aliphatic carboxylic acids is 3. The Morgan fingerprint density at radius 2 is 0.875 bits per heavy atom. The van der Waals surface area contributed by atoms with Crippen molar-refractivity contribution in [3.05, 3.63) is 84.1 Å². The second kappa shape index (κ2) is 24.7. The van der Waals surface area contributed by atoms with Crippen molar-refractivity contribution in [1.82, 2.24) is 0 Å². The predicted molar refractivity (Wildman–Crippen MR) is 119 cm³/mol. The smallest absolute Gasteiger partial charge is 0.693 e. The maximum absolute atomic E-state index is 10.2. The van der Waals surface area contributed by atoms with Crippen LogP contribution in [-0.4, -0.2) is 44.9 Å². The second-order valence-electron chi connectivity index (χ2n) is 6.02. The average Bonchev–Trinajstić information content (AvgIpc) is 2.70. The first-order chi connectivity index (χ1) is 13.8. The van der Waals surface area contributed by atoms with Gasteiger partial charge in [-0.05, 0) is 36.8 Å². The van der Waals surface area contributed by atoms with Gasteiger partial charge in [-0.1, -0.05) is 60.7 Å². The summed E-state index contributed by atoms with van der Waals surface area (Å²) in [6.45, 7) is -0.778. The molecule has 0 radical (unpaired) electrons. The van der Waals surface area contributed by atoms with Crippen molar-refractivity contribution in [3.8, 4) is 0 Å². The van der Waals surface area contributed by atoms with E-state index in [0.29, 0.717) is 0 Å². The first-order valence-corrected chi connectivity index (χ1v) is 9.19. The van der Waals surface area contributed by atoms with Crippen LogP contribution in [-0.2, 0) is 48.3 Å². The summed E-state index contributed by atoms with van der Waals surface area (Å²) >= 11 is 0. The molecular weight excluding hydrogens is 599 g/mol. The summed E-state index contributed by atoms with van der Waals surface area (Å²) in [4.78, 5) is 29.5. The third-order valence-electron chi connectivity index (χ3n) is 3.53.